The summed E-state index contributed by atoms with van der Waals surface area (Å²) in [6.07, 6.45) is 11.2. The molecule has 162 valence electrons. The van der Waals surface area contributed by atoms with Crippen LogP contribution >= 0.6 is 11.8 Å². The van der Waals surface area contributed by atoms with Crippen molar-refractivity contribution in [3.8, 4) is 17.3 Å². The number of rotatable bonds is 5. The van der Waals surface area contributed by atoms with Crippen LogP contribution in [0.25, 0.3) is 16.8 Å². The number of aromatic nitrogens is 6. The third-order valence-electron chi connectivity index (χ3n) is 5.91. The number of hydrogen-bond donors (Lipinski definition) is 1. The van der Waals surface area contributed by atoms with E-state index in [9.17, 15) is 9.65 Å². The Labute approximate surface area is 188 Å². The fraction of sp³-hybridized carbons (Fsp3) is 0.318. The average molecular weight is 449 g/mol. The quantitative estimate of drug-likeness (QED) is 0.495. The molecule has 4 aromatic heterocycles. The SMILES string of the molecule is CN[C@H]1CC[C@@H](n2cc(-c3cc(Sc4ncccc4F)c4c(C#N)cnn4c3)nn2)CC1. The zero-order valence-electron chi connectivity index (χ0n) is 17.4. The fourth-order valence-electron chi connectivity index (χ4n) is 4.15. The predicted octanol–water partition coefficient (Wildman–Crippen LogP) is 3.85. The van der Waals surface area contributed by atoms with E-state index in [4.69, 9.17) is 0 Å². The highest BCUT2D eigenvalue weighted by Gasteiger charge is 2.23. The van der Waals surface area contributed by atoms with Gasteiger partial charge < -0.3 is 5.32 Å². The standard InChI is InChI=1S/C22H21FN8S/c1-25-16-4-6-17(7-5-16)30-13-19(28-29-30)14-9-20(32-22-18(23)3-2-8-26-22)21-15(10-24)11-27-31(21)12-14/h2-3,8-9,11-13,16-17,25H,4-7H2,1H3/t16-,17+. The van der Waals surface area contributed by atoms with Crippen molar-refractivity contribution in [2.24, 2.45) is 0 Å². The van der Waals surface area contributed by atoms with Crippen molar-refractivity contribution in [2.75, 3.05) is 7.05 Å². The molecule has 32 heavy (non-hydrogen) atoms. The molecule has 0 bridgehead atoms. The van der Waals surface area contributed by atoms with Crippen LogP contribution in [0.3, 0.4) is 0 Å². The number of pyridine rings is 2. The zero-order chi connectivity index (χ0) is 22.1. The van der Waals surface area contributed by atoms with Crippen LogP contribution in [-0.4, -0.2) is 42.7 Å². The number of halogens is 1. The fourth-order valence-corrected chi connectivity index (χ4v) is 5.12. The van der Waals surface area contributed by atoms with E-state index in [1.165, 1.54) is 12.3 Å². The molecule has 0 spiro atoms. The summed E-state index contributed by atoms with van der Waals surface area (Å²) in [4.78, 5) is 4.82. The Morgan fingerprint density at radius 1 is 1.25 bits per heavy atom. The maximum Gasteiger partial charge on any atom is 0.155 e. The smallest absolute Gasteiger partial charge is 0.155 e. The van der Waals surface area contributed by atoms with Gasteiger partial charge in [0.15, 0.2) is 5.82 Å². The predicted molar refractivity (Wildman–Crippen MR) is 118 cm³/mol. The van der Waals surface area contributed by atoms with Crippen molar-refractivity contribution in [2.45, 2.75) is 47.7 Å². The Hall–Kier alpha value is -3.29. The largest absolute Gasteiger partial charge is 0.317 e. The highest BCUT2D eigenvalue weighted by molar-refractivity contribution is 7.99. The molecule has 0 aromatic carbocycles. The lowest BCUT2D eigenvalue weighted by Gasteiger charge is -2.27. The van der Waals surface area contributed by atoms with Crippen LogP contribution in [0.4, 0.5) is 4.39 Å². The van der Waals surface area contributed by atoms with E-state index >= 15 is 0 Å². The Balaban J connectivity index is 1.51. The van der Waals surface area contributed by atoms with Crippen LogP contribution in [0.5, 0.6) is 0 Å². The minimum absolute atomic E-state index is 0.238. The van der Waals surface area contributed by atoms with E-state index in [2.05, 4.69) is 31.8 Å². The van der Waals surface area contributed by atoms with Crippen molar-refractivity contribution in [1.82, 2.24) is 34.9 Å². The van der Waals surface area contributed by atoms with Crippen LogP contribution in [0.1, 0.15) is 37.3 Å². The first-order chi connectivity index (χ1) is 15.7. The normalized spacial score (nSPS) is 18.7. The van der Waals surface area contributed by atoms with Crippen molar-refractivity contribution in [3.05, 3.63) is 54.4 Å². The van der Waals surface area contributed by atoms with Crippen LogP contribution in [0, 0.1) is 17.1 Å². The zero-order valence-corrected chi connectivity index (χ0v) is 18.3. The lowest BCUT2D eigenvalue weighted by atomic mass is 9.91. The van der Waals surface area contributed by atoms with Gasteiger partial charge in [-0.25, -0.2) is 18.6 Å². The van der Waals surface area contributed by atoms with Gasteiger partial charge in [-0.15, -0.1) is 5.10 Å². The molecule has 1 aliphatic rings. The minimum atomic E-state index is -0.415. The summed E-state index contributed by atoms with van der Waals surface area (Å²) >= 11 is 1.16. The van der Waals surface area contributed by atoms with Gasteiger partial charge in [-0.05, 0) is 50.9 Å². The van der Waals surface area contributed by atoms with Gasteiger partial charge >= 0.3 is 0 Å². The van der Waals surface area contributed by atoms with E-state index in [0.29, 0.717) is 33.8 Å². The third-order valence-corrected chi connectivity index (χ3v) is 6.94. The first-order valence-electron chi connectivity index (χ1n) is 10.5. The summed E-state index contributed by atoms with van der Waals surface area (Å²) in [5.41, 5.74) is 2.53. The summed E-state index contributed by atoms with van der Waals surface area (Å²) in [6.45, 7) is 0. The number of nitrogens with one attached hydrogen (secondary N) is 1. The molecule has 0 unspecified atom stereocenters. The van der Waals surface area contributed by atoms with Gasteiger partial charge in [0.2, 0.25) is 0 Å². The second kappa shape index (κ2) is 8.68. The summed E-state index contributed by atoms with van der Waals surface area (Å²) in [7, 11) is 2.01. The highest BCUT2D eigenvalue weighted by atomic mass is 32.2. The molecule has 4 heterocycles. The molecule has 0 atom stereocenters. The van der Waals surface area contributed by atoms with E-state index in [1.54, 1.807) is 16.8 Å². The molecule has 0 amide bonds. The highest BCUT2D eigenvalue weighted by Crippen LogP contribution is 2.36. The first kappa shape index (κ1) is 20.6. The van der Waals surface area contributed by atoms with Crippen LogP contribution in [0.15, 0.2) is 52.9 Å². The van der Waals surface area contributed by atoms with E-state index in [1.807, 2.05) is 30.2 Å². The molecule has 0 saturated heterocycles. The Kier molecular flexibility index (Phi) is 5.59. The molecule has 1 N–H and O–H groups in total. The summed E-state index contributed by atoms with van der Waals surface area (Å²) in [5, 5.41) is 26.2. The van der Waals surface area contributed by atoms with Crippen LogP contribution < -0.4 is 5.32 Å². The number of nitriles is 1. The van der Waals surface area contributed by atoms with E-state index < -0.39 is 5.82 Å². The molecule has 0 radical (unpaired) electrons. The second-order valence-electron chi connectivity index (χ2n) is 7.83. The Bertz CT molecular complexity index is 1300. The van der Waals surface area contributed by atoms with Gasteiger partial charge in [0.1, 0.15) is 16.8 Å². The van der Waals surface area contributed by atoms with Crippen molar-refractivity contribution >= 4 is 17.3 Å². The Morgan fingerprint density at radius 3 is 2.84 bits per heavy atom. The van der Waals surface area contributed by atoms with Crippen LogP contribution in [0.2, 0.25) is 0 Å². The monoisotopic (exact) mass is 448 g/mol. The molecular weight excluding hydrogens is 427 g/mol. The van der Waals surface area contributed by atoms with E-state index in [-0.39, 0.29) is 5.03 Å². The third kappa shape index (κ3) is 3.85. The second-order valence-corrected chi connectivity index (χ2v) is 8.86. The van der Waals surface area contributed by atoms with Crippen molar-refractivity contribution < 1.29 is 4.39 Å². The molecule has 1 aliphatic carbocycles. The molecule has 8 nitrogen and oxygen atoms in total. The van der Waals surface area contributed by atoms with Crippen molar-refractivity contribution in [1.29, 1.82) is 5.26 Å². The van der Waals surface area contributed by atoms with Gasteiger partial charge in [-0.3, -0.25) is 0 Å². The maximum atomic E-state index is 14.3. The molecular formula is C22H21FN8S. The van der Waals surface area contributed by atoms with Gasteiger partial charge in [0, 0.05) is 28.9 Å². The molecule has 5 rings (SSSR count). The minimum Gasteiger partial charge on any atom is -0.317 e. The Morgan fingerprint density at radius 2 is 2.09 bits per heavy atom. The van der Waals surface area contributed by atoms with E-state index in [0.717, 1.165) is 43.0 Å². The molecule has 4 aromatic rings. The molecule has 10 heteroatoms. The van der Waals surface area contributed by atoms with Gasteiger partial charge in [-0.1, -0.05) is 17.0 Å². The summed E-state index contributed by atoms with van der Waals surface area (Å²) in [6, 6.07) is 7.86. The lowest BCUT2D eigenvalue weighted by Crippen LogP contribution is -2.31. The first-order valence-corrected chi connectivity index (χ1v) is 11.3. The summed E-state index contributed by atoms with van der Waals surface area (Å²) in [5.74, 6) is -0.415. The maximum absolute atomic E-state index is 14.3. The molecule has 1 fully saturated rings. The number of hydrogen-bond acceptors (Lipinski definition) is 7. The number of fused-ring (bicyclic) bond motifs is 1. The van der Waals surface area contributed by atoms with Gasteiger partial charge in [0.25, 0.3) is 0 Å². The van der Waals surface area contributed by atoms with Crippen molar-refractivity contribution in [3.63, 3.8) is 0 Å². The van der Waals surface area contributed by atoms with Crippen LogP contribution in [-0.2, 0) is 0 Å². The average Bonchev–Trinajstić information content (AvgIpc) is 3.48. The molecule has 0 aliphatic heterocycles. The van der Waals surface area contributed by atoms with Gasteiger partial charge in [0.05, 0.1) is 29.5 Å². The topological polar surface area (TPSA) is 96.7 Å². The number of nitrogens with zero attached hydrogens (tertiary/aromatic N) is 7. The molecule has 1 saturated carbocycles. The lowest BCUT2D eigenvalue weighted by molar-refractivity contribution is 0.281. The summed E-state index contributed by atoms with van der Waals surface area (Å²) < 4.78 is 17.8. The van der Waals surface area contributed by atoms with Gasteiger partial charge in [-0.2, -0.15) is 10.4 Å².